The third-order valence-corrected chi connectivity index (χ3v) is 3.75. The van der Waals surface area contributed by atoms with Gasteiger partial charge in [-0.1, -0.05) is 13.8 Å². The van der Waals surface area contributed by atoms with Gasteiger partial charge in [0.2, 0.25) is 5.91 Å². The van der Waals surface area contributed by atoms with Crippen LogP contribution in [0.15, 0.2) is 30.7 Å². The number of pyridine rings is 1. The monoisotopic (exact) mass is 284 g/mol. The summed E-state index contributed by atoms with van der Waals surface area (Å²) in [7, 11) is 0. The molecule has 1 saturated heterocycles. The molecular weight excluding hydrogens is 264 g/mol. The summed E-state index contributed by atoms with van der Waals surface area (Å²) in [5.41, 5.74) is 1.97. The van der Waals surface area contributed by atoms with Crippen molar-refractivity contribution in [2.75, 3.05) is 13.1 Å². The van der Waals surface area contributed by atoms with E-state index < -0.39 is 0 Å². The fourth-order valence-electron chi connectivity index (χ4n) is 2.79. The van der Waals surface area contributed by atoms with Crippen molar-refractivity contribution < 1.29 is 4.79 Å². The topological polar surface area (TPSA) is 61.9 Å². The molecular formula is C16H20N4O. The minimum Gasteiger partial charge on any atom is -0.342 e. The fourth-order valence-corrected chi connectivity index (χ4v) is 2.79. The first-order valence-electron chi connectivity index (χ1n) is 7.36. The highest BCUT2D eigenvalue weighted by Gasteiger charge is 2.32. The van der Waals surface area contributed by atoms with Gasteiger partial charge in [0.1, 0.15) is 5.82 Å². The number of carbonyl (C=O) groups is 1. The lowest BCUT2D eigenvalue weighted by Gasteiger charge is -2.18. The Kier molecular flexibility index (Phi) is 3.73. The molecule has 0 radical (unpaired) electrons. The van der Waals surface area contributed by atoms with Crippen molar-refractivity contribution in [1.29, 1.82) is 0 Å². The Bertz CT molecular complexity index is 620. The van der Waals surface area contributed by atoms with Crippen molar-refractivity contribution in [2.45, 2.75) is 26.2 Å². The normalized spacial score (nSPS) is 18.7. The van der Waals surface area contributed by atoms with Gasteiger partial charge < -0.3 is 9.88 Å². The van der Waals surface area contributed by atoms with E-state index in [0.717, 1.165) is 30.2 Å². The van der Waals surface area contributed by atoms with Crippen molar-refractivity contribution in [1.82, 2.24) is 19.9 Å². The van der Waals surface area contributed by atoms with Gasteiger partial charge in [0, 0.05) is 43.4 Å². The van der Waals surface area contributed by atoms with E-state index >= 15 is 0 Å². The van der Waals surface area contributed by atoms with Gasteiger partial charge >= 0.3 is 0 Å². The zero-order valence-electron chi connectivity index (χ0n) is 12.4. The Balaban J connectivity index is 1.74. The minimum absolute atomic E-state index is 0.168. The van der Waals surface area contributed by atoms with Crippen LogP contribution in [-0.2, 0) is 4.79 Å². The van der Waals surface area contributed by atoms with Crippen LogP contribution in [0.4, 0.5) is 0 Å². The van der Waals surface area contributed by atoms with Crippen LogP contribution in [0.1, 0.15) is 32.0 Å². The van der Waals surface area contributed by atoms with E-state index in [0.29, 0.717) is 12.3 Å². The number of carbonyl (C=O) groups excluding carboxylic acids is 1. The van der Waals surface area contributed by atoms with Crippen LogP contribution in [0, 0.1) is 5.92 Å². The second-order valence-corrected chi connectivity index (χ2v) is 6.02. The van der Waals surface area contributed by atoms with Gasteiger partial charge in [-0.25, -0.2) is 4.98 Å². The van der Waals surface area contributed by atoms with Crippen molar-refractivity contribution >= 4 is 5.91 Å². The van der Waals surface area contributed by atoms with Crippen LogP contribution in [0.2, 0.25) is 0 Å². The van der Waals surface area contributed by atoms with E-state index in [4.69, 9.17) is 0 Å². The number of imidazole rings is 1. The van der Waals surface area contributed by atoms with Crippen molar-refractivity contribution in [3.05, 3.63) is 36.5 Å². The van der Waals surface area contributed by atoms with E-state index in [1.807, 2.05) is 29.4 Å². The molecule has 0 spiro atoms. The van der Waals surface area contributed by atoms with Gasteiger partial charge in [-0.2, -0.15) is 0 Å². The number of likely N-dealkylation sites (tertiary alicyclic amines) is 1. The Hall–Kier alpha value is -2.17. The molecule has 1 N–H and O–H groups in total. The van der Waals surface area contributed by atoms with Gasteiger partial charge in [0.15, 0.2) is 0 Å². The zero-order valence-corrected chi connectivity index (χ0v) is 12.4. The molecule has 0 unspecified atom stereocenters. The SMILES string of the molecule is CC(C)CN1C[C@@H](c2ncc(-c3cccnc3)[nH]2)CC1=O. The van der Waals surface area contributed by atoms with Crippen LogP contribution < -0.4 is 0 Å². The van der Waals surface area contributed by atoms with Crippen molar-refractivity contribution in [3.63, 3.8) is 0 Å². The first-order chi connectivity index (χ1) is 10.1. The summed E-state index contributed by atoms with van der Waals surface area (Å²) in [6, 6.07) is 3.90. The highest BCUT2D eigenvalue weighted by atomic mass is 16.2. The molecule has 0 bridgehead atoms. The van der Waals surface area contributed by atoms with Crippen molar-refractivity contribution in [3.8, 4) is 11.3 Å². The standard InChI is InChI=1S/C16H20N4O/c1-11(2)9-20-10-13(6-15(20)21)16-18-8-14(19-16)12-4-3-5-17-7-12/h3-5,7-8,11,13H,6,9-10H2,1-2H3,(H,18,19)/t13-/m0/s1. The first-order valence-corrected chi connectivity index (χ1v) is 7.36. The predicted molar refractivity (Wildman–Crippen MR) is 80.6 cm³/mol. The number of nitrogens with zero attached hydrogens (tertiary/aromatic N) is 3. The van der Waals surface area contributed by atoms with Gasteiger partial charge in [0.05, 0.1) is 11.9 Å². The lowest BCUT2D eigenvalue weighted by molar-refractivity contribution is -0.128. The Morgan fingerprint density at radius 3 is 3.00 bits per heavy atom. The van der Waals surface area contributed by atoms with Crippen LogP contribution in [-0.4, -0.2) is 38.8 Å². The lowest BCUT2D eigenvalue weighted by Crippen LogP contribution is -2.29. The average molecular weight is 284 g/mol. The number of hydrogen-bond donors (Lipinski definition) is 1. The summed E-state index contributed by atoms with van der Waals surface area (Å²) >= 11 is 0. The summed E-state index contributed by atoms with van der Waals surface area (Å²) in [6.45, 7) is 5.85. The molecule has 2 aromatic rings. The molecule has 0 saturated carbocycles. The van der Waals surface area contributed by atoms with Crippen LogP contribution in [0.5, 0.6) is 0 Å². The maximum atomic E-state index is 12.0. The molecule has 1 amide bonds. The van der Waals surface area contributed by atoms with E-state index in [1.165, 1.54) is 0 Å². The maximum Gasteiger partial charge on any atom is 0.223 e. The third-order valence-electron chi connectivity index (χ3n) is 3.75. The maximum absolute atomic E-state index is 12.0. The second-order valence-electron chi connectivity index (χ2n) is 6.02. The van der Waals surface area contributed by atoms with E-state index in [1.54, 1.807) is 6.20 Å². The number of aromatic nitrogens is 3. The Morgan fingerprint density at radius 1 is 1.43 bits per heavy atom. The van der Waals surface area contributed by atoms with E-state index in [-0.39, 0.29) is 11.8 Å². The molecule has 3 rings (SSSR count). The number of H-pyrrole nitrogens is 1. The highest BCUT2D eigenvalue weighted by Crippen LogP contribution is 2.28. The molecule has 5 heteroatoms. The Labute approximate surface area is 124 Å². The molecule has 1 fully saturated rings. The molecule has 21 heavy (non-hydrogen) atoms. The van der Waals surface area contributed by atoms with Gasteiger partial charge in [-0.15, -0.1) is 0 Å². The largest absolute Gasteiger partial charge is 0.342 e. The van der Waals surface area contributed by atoms with Crippen LogP contribution in [0.25, 0.3) is 11.3 Å². The molecule has 3 heterocycles. The third kappa shape index (κ3) is 2.96. The Morgan fingerprint density at radius 2 is 2.29 bits per heavy atom. The first kappa shape index (κ1) is 13.8. The van der Waals surface area contributed by atoms with Gasteiger partial charge in [-0.05, 0) is 18.1 Å². The summed E-state index contributed by atoms with van der Waals surface area (Å²) < 4.78 is 0. The predicted octanol–water partition coefficient (Wildman–Crippen LogP) is 2.44. The molecule has 1 aliphatic heterocycles. The second kappa shape index (κ2) is 5.68. The van der Waals surface area contributed by atoms with Gasteiger partial charge in [-0.3, -0.25) is 9.78 Å². The van der Waals surface area contributed by atoms with Crippen LogP contribution >= 0.6 is 0 Å². The number of hydrogen-bond acceptors (Lipinski definition) is 3. The molecule has 0 aromatic carbocycles. The number of aromatic amines is 1. The number of nitrogens with one attached hydrogen (secondary N) is 1. The molecule has 110 valence electrons. The van der Waals surface area contributed by atoms with Gasteiger partial charge in [0.25, 0.3) is 0 Å². The smallest absolute Gasteiger partial charge is 0.223 e. The number of amides is 1. The molecule has 2 aromatic heterocycles. The molecule has 0 aliphatic carbocycles. The molecule has 1 aliphatic rings. The van der Waals surface area contributed by atoms with Crippen molar-refractivity contribution in [2.24, 2.45) is 5.92 Å². The summed E-state index contributed by atoms with van der Waals surface area (Å²) in [5, 5.41) is 0. The van der Waals surface area contributed by atoms with E-state index in [2.05, 4.69) is 28.8 Å². The summed E-state index contributed by atoms with van der Waals surface area (Å²) in [5.74, 6) is 1.79. The zero-order chi connectivity index (χ0) is 14.8. The summed E-state index contributed by atoms with van der Waals surface area (Å²) in [4.78, 5) is 25.9. The quantitative estimate of drug-likeness (QED) is 0.938. The average Bonchev–Trinajstić information content (AvgIpc) is 3.07. The summed E-state index contributed by atoms with van der Waals surface area (Å²) in [6.07, 6.45) is 5.93. The molecule has 5 nitrogen and oxygen atoms in total. The lowest BCUT2D eigenvalue weighted by atomic mass is 10.1. The number of rotatable bonds is 4. The van der Waals surface area contributed by atoms with Crippen LogP contribution in [0.3, 0.4) is 0 Å². The highest BCUT2D eigenvalue weighted by molar-refractivity contribution is 5.79. The minimum atomic E-state index is 0.168. The molecule has 1 atom stereocenters. The fraction of sp³-hybridized carbons (Fsp3) is 0.438. The van der Waals surface area contributed by atoms with E-state index in [9.17, 15) is 4.79 Å².